The molecule has 1 heterocycles. The molecule has 0 bridgehead atoms. The van der Waals surface area contributed by atoms with Gasteiger partial charge in [-0.25, -0.2) is 13.6 Å². The number of hydrogen-bond acceptors (Lipinski definition) is 6. The number of aryl methyl sites for hydroxylation is 1. The number of hydrogen-bond donors (Lipinski definition) is 2. The first-order valence-electron chi connectivity index (χ1n) is 9.97. The van der Waals surface area contributed by atoms with Crippen LogP contribution in [0.15, 0.2) is 17.0 Å². The Kier molecular flexibility index (Phi) is 7.94. The zero-order chi connectivity index (χ0) is 20.7. The number of H-pyrrole nitrogens is 1. The number of tetrazole rings is 1. The van der Waals surface area contributed by atoms with Gasteiger partial charge in [-0.1, -0.05) is 40.0 Å². The highest BCUT2D eigenvalue weighted by Gasteiger charge is 2.22. The molecule has 0 radical (unpaired) electrons. The molecule has 1 aromatic heterocycles. The third kappa shape index (κ3) is 5.51. The molecule has 0 aliphatic carbocycles. The first-order valence-corrected chi connectivity index (χ1v) is 11.5. The zero-order valence-corrected chi connectivity index (χ0v) is 18.1. The van der Waals surface area contributed by atoms with Gasteiger partial charge in [0.2, 0.25) is 15.8 Å². The second kappa shape index (κ2) is 9.97. The Morgan fingerprint density at radius 3 is 2.43 bits per heavy atom. The Bertz CT molecular complexity index is 848. The fourth-order valence-electron chi connectivity index (χ4n) is 3.43. The largest absolute Gasteiger partial charge is 0.371 e. The number of benzene rings is 1. The van der Waals surface area contributed by atoms with Gasteiger partial charge in [0.05, 0.1) is 4.90 Å². The molecular formula is C19H32N6O2S. The van der Waals surface area contributed by atoms with Gasteiger partial charge >= 0.3 is 0 Å². The Hall–Kier alpha value is -2.00. The summed E-state index contributed by atoms with van der Waals surface area (Å²) in [6, 6.07) is 3.45. The van der Waals surface area contributed by atoms with Gasteiger partial charge in [-0.2, -0.15) is 5.21 Å². The molecule has 0 atom stereocenters. The SMILES string of the molecule is CCCCN(CCC(CC)CC)c1cc(C)c(S(N)(=O)=O)cc1-c1nn[nH]n1. The average molecular weight is 409 g/mol. The molecular weight excluding hydrogens is 376 g/mol. The summed E-state index contributed by atoms with van der Waals surface area (Å²) in [6.45, 7) is 10.2. The van der Waals surface area contributed by atoms with E-state index in [-0.39, 0.29) is 4.90 Å². The maximum absolute atomic E-state index is 12.0. The molecule has 3 N–H and O–H groups in total. The number of nitrogens with zero attached hydrogens (tertiary/aromatic N) is 4. The van der Waals surface area contributed by atoms with Crippen LogP contribution in [0.25, 0.3) is 11.4 Å². The molecule has 0 saturated carbocycles. The van der Waals surface area contributed by atoms with E-state index < -0.39 is 10.0 Å². The lowest BCUT2D eigenvalue weighted by atomic mass is 9.98. The molecule has 0 saturated heterocycles. The number of sulfonamides is 1. The van der Waals surface area contributed by atoms with Crippen molar-refractivity contribution in [3.8, 4) is 11.4 Å². The normalized spacial score (nSPS) is 11.9. The Labute approximate surface area is 168 Å². The minimum absolute atomic E-state index is 0.0893. The first kappa shape index (κ1) is 22.3. The predicted octanol–water partition coefficient (Wildman–Crippen LogP) is 3.26. The molecule has 0 aliphatic rings. The fourth-order valence-corrected chi connectivity index (χ4v) is 4.22. The lowest BCUT2D eigenvalue weighted by Gasteiger charge is -2.29. The van der Waals surface area contributed by atoms with Crippen LogP contribution in [-0.2, 0) is 10.0 Å². The highest BCUT2D eigenvalue weighted by atomic mass is 32.2. The summed E-state index contributed by atoms with van der Waals surface area (Å²) >= 11 is 0. The molecule has 2 aromatic rings. The van der Waals surface area contributed by atoms with Crippen molar-refractivity contribution in [2.75, 3.05) is 18.0 Å². The smallest absolute Gasteiger partial charge is 0.238 e. The summed E-state index contributed by atoms with van der Waals surface area (Å²) in [5.41, 5.74) is 2.17. The predicted molar refractivity (Wildman–Crippen MR) is 112 cm³/mol. The van der Waals surface area contributed by atoms with Crippen LogP contribution in [0.2, 0.25) is 0 Å². The summed E-state index contributed by atoms with van der Waals surface area (Å²) in [7, 11) is -3.84. The molecule has 8 nitrogen and oxygen atoms in total. The highest BCUT2D eigenvalue weighted by Crippen LogP contribution is 2.34. The number of rotatable bonds is 11. The van der Waals surface area contributed by atoms with E-state index >= 15 is 0 Å². The zero-order valence-electron chi connectivity index (χ0n) is 17.3. The van der Waals surface area contributed by atoms with Gasteiger partial charge < -0.3 is 4.90 Å². The second-order valence-electron chi connectivity index (χ2n) is 7.23. The van der Waals surface area contributed by atoms with Crippen LogP contribution in [0, 0.1) is 12.8 Å². The van der Waals surface area contributed by atoms with E-state index in [9.17, 15) is 8.42 Å². The van der Waals surface area contributed by atoms with Crippen molar-refractivity contribution in [1.29, 1.82) is 0 Å². The molecule has 0 fully saturated rings. The quantitative estimate of drug-likeness (QED) is 0.589. The molecule has 0 spiro atoms. The maximum atomic E-state index is 12.0. The van der Waals surface area contributed by atoms with Gasteiger partial charge in [-0.3, -0.25) is 0 Å². The Balaban J connectivity index is 2.52. The number of anilines is 1. The van der Waals surface area contributed by atoms with Crippen LogP contribution in [0.1, 0.15) is 58.4 Å². The highest BCUT2D eigenvalue weighted by molar-refractivity contribution is 7.89. The summed E-state index contributed by atoms with van der Waals surface area (Å²) in [5, 5.41) is 19.7. The summed E-state index contributed by atoms with van der Waals surface area (Å²) in [6.07, 6.45) is 5.51. The van der Waals surface area contributed by atoms with E-state index in [0.29, 0.717) is 22.9 Å². The van der Waals surface area contributed by atoms with Crippen LogP contribution < -0.4 is 10.0 Å². The Morgan fingerprint density at radius 2 is 1.89 bits per heavy atom. The third-order valence-electron chi connectivity index (χ3n) is 5.27. The van der Waals surface area contributed by atoms with E-state index in [0.717, 1.165) is 50.9 Å². The van der Waals surface area contributed by atoms with Crippen molar-refractivity contribution in [1.82, 2.24) is 20.6 Å². The van der Waals surface area contributed by atoms with Crippen LogP contribution in [-0.4, -0.2) is 42.1 Å². The van der Waals surface area contributed by atoms with Gasteiger partial charge in [0.1, 0.15) is 0 Å². The van der Waals surface area contributed by atoms with E-state index in [2.05, 4.69) is 46.3 Å². The van der Waals surface area contributed by atoms with E-state index in [1.165, 1.54) is 0 Å². The third-order valence-corrected chi connectivity index (χ3v) is 6.32. The number of aromatic nitrogens is 4. The molecule has 28 heavy (non-hydrogen) atoms. The molecule has 0 unspecified atom stereocenters. The number of unbranched alkanes of at least 4 members (excludes halogenated alkanes) is 1. The van der Waals surface area contributed by atoms with Crippen molar-refractivity contribution in [3.63, 3.8) is 0 Å². The van der Waals surface area contributed by atoms with Gasteiger partial charge in [0.15, 0.2) is 0 Å². The maximum Gasteiger partial charge on any atom is 0.238 e. The van der Waals surface area contributed by atoms with Crippen LogP contribution in [0.5, 0.6) is 0 Å². The molecule has 0 amide bonds. The summed E-state index contributed by atoms with van der Waals surface area (Å²) < 4.78 is 24.0. The number of nitrogens with two attached hydrogens (primary N) is 1. The molecule has 1 aromatic carbocycles. The molecule has 0 aliphatic heterocycles. The van der Waals surface area contributed by atoms with Gasteiger partial charge in [0, 0.05) is 24.3 Å². The van der Waals surface area contributed by atoms with Gasteiger partial charge in [0.25, 0.3) is 0 Å². The minimum Gasteiger partial charge on any atom is -0.371 e. The van der Waals surface area contributed by atoms with E-state index in [1.807, 2.05) is 6.07 Å². The average Bonchev–Trinajstić information content (AvgIpc) is 3.18. The molecule has 9 heteroatoms. The molecule has 2 rings (SSSR count). The standard InChI is InChI=1S/C19H32N6O2S/c1-5-8-10-25(11-9-15(6-2)7-3)17-12-14(4)18(28(20,26)27)13-16(17)19-21-23-24-22-19/h12-13,15H,5-11H2,1-4H3,(H2,20,26,27)(H,21,22,23,24). The van der Waals surface area contributed by atoms with Crippen LogP contribution in [0.4, 0.5) is 5.69 Å². The second-order valence-corrected chi connectivity index (χ2v) is 8.76. The first-order chi connectivity index (χ1) is 13.3. The van der Waals surface area contributed by atoms with Gasteiger partial charge in [-0.15, -0.1) is 10.2 Å². The topological polar surface area (TPSA) is 118 Å². The van der Waals surface area contributed by atoms with Crippen molar-refractivity contribution in [3.05, 3.63) is 17.7 Å². The van der Waals surface area contributed by atoms with Crippen molar-refractivity contribution in [2.45, 2.75) is 64.7 Å². The van der Waals surface area contributed by atoms with Crippen LogP contribution in [0.3, 0.4) is 0 Å². The number of primary sulfonamides is 1. The lowest BCUT2D eigenvalue weighted by molar-refractivity contribution is 0.453. The number of aromatic amines is 1. The van der Waals surface area contributed by atoms with Crippen LogP contribution >= 0.6 is 0 Å². The number of nitrogens with one attached hydrogen (secondary N) is 1. The summed E-state index contributed by atoms with van der Waals surface area (Å²) in [5.74, 6) is 1.03. The lowest BCUT2D eigenvalue weighted by Crippen LogP contribution is -2.28. The van der Waals surface area contributed by atoms with Crippen molar-refractivity contribution in [2.24, 2.45) is 11.1 Å². The monoisotopic (exact) mass is 408 g/mol. The summed E-state index contributed by atoms with van der Waals surface area (Å²) in [4.78, 5) is 2.40. The van der Waals surface area contributed by atoms with Crippen molar-refractivity contribution < 1.29 is 8.42 Å². The van der Waals surface area contributed by atoms with E-state index in [1.54, 1.807) is 13.0 Å². The molecule has 156 valence electrons. The van der Waals surface area contributed by atoms with E-state index in [4.69, 9.17) is 5.14 Å². The Morgan fingerprint density at radius 1 is 1.18 bits per heavy atom. The fraction of sp³-hybridized carbons (Fsp3) is 0.632. The van der Waals surface area contributed by atoms with Crippen molar-refractivity contribution >= 4 is 15.7 Å². The van der Waals surface area contributed by atoms with Gasteiger partial charge in [-0.05, 0) is 48.6 Å². The minimum atomic E-state index is -3.84.